The third-order valence-electron chi connectivity index (χ3n) is 6.81. The standard InChI is InChI=1S/C31H38F3N5O6/c1-20-26(36-28(40)35-16-23-15-21(18-42-5)11-12-25(23)44-31(32,33)34)39(24-9-7-6-8-10-24)37-27(20)43-19-22-13-14-38(17-22)29(41)45-30(2,3)4/h6-12,15,22H,13-14,16-19H2,1-5H3,(H2,35,36,40). The van der Waals surface area contributed by atoms with Gasteiger partial charge in [0.15, 0.2) is 0 Å². The van der Waals surface area contributed by atoms with Gasteiger partial charge in [0.2, 0.25) is 5.88 Å². The van der Waals surface area contributed by atoms with Crippen LogP contribution in [0.25, 0.3) is 5.69 Å². The van der Waals surface area contributed by atoms with E-state index in [1.165, 1.54) is 30.0 Å². The molecule has 244 valence electrons. The lowest BCUT2D eigenvalue weighted by molar-refractivity contribution is -0.274. The lowest BCUT2D eigenvalue weighted by Crippen LogP contribution is -2.35. The van der Waals surface area contributed by atoms with Crippen molar-refractivity contribution in [2.75, 3.05) is 32.1 Å². The number of halogens is 3. The van der Waals surface area contributed by atoms with Crippen molar-refractivity contribution in [3.05, 3.63) is 65.2 Å². The summed E-state index contributed by atoms with van der Waals surface area (Å²) in [5.74, 6) is 0.231. The topological polar surface area (TPSA) is 116 Å². The van der Waals surface area contributed by atoms with Gasteiger partial charge in [0, 0.05) is 38.2 Å². The molecule has 45 heavy (non-hydrogen) atoms. The highest BCUT2D eigenvalue weighted by molar-refractivity contribution is 5.89. The quantitative estimate of drug-likeness (QED) is 0.274. The normalized spacial score (nSPS) is 15.1. The Hall–Kier alpha value is -4.46. The molecule has 0 saturated carbocycles. The van der Waals surface area contributed by atoms with Crippen LogP contribution in [0.15, 0.2) is 48.5 Å². The number of methoxy groups -OCH3 is 1. The van der Waals surface area contributed by atoms with E-state index in [4.69, 9.17) is 14.2 Å². The highest BCUT2D eigenvalue weighted by atomic mass is 19.4. The van der Waals surface area contributed by atoms with E-state index in [9.17, 15) is 22.8 Å². The summed E-state index contributed by atoms with van der Waals surface area (Å²) in [6, 6.07) is 12.5. The van der Waals surface area contributed by atoms with Gasteiger partial charge in [-0.15, -0.1) is 18.3 Å². The molecular weight excluding hydrogens is 595 g/mol. The summed E-state index contributed by atoms with van der Waals surface area (Å²) in [6.45, 7) is 8.43. The van der Waals surface area contributed by atoms with Crippen LogP contribution in [0.4, 0.5) is 28.6 Å². The minimum atomic E-state index is -4.90. The monoisotopic (exact) mass is 633 g/mol. The Balaban J connectivity index is 1.47. The summed E-state index contributed by atoms with van der Waals surface area (Å²) in [5, 5.41) is 9.95. The Kier molecular flexibility index (Phi) is 10.5. The van der Waals surface area contributed by atoms with Crippen LogP contribution in [0, 0.1) is 12.8 Å². The van der Waals surface area contributed by atoms with Crippen LogP contribution in [-0.2, 0) is 22.6 Å². The average molecular weight is 634 g/mol. The number of carbonyl (C=O) groups is 2. The van der Waals surface area contributed by atoms with Crippen molar-refractivity contribution >= 4 is 17.9 Å². The molecule has 0 bridgehead atoms. The molecule has 4 rings (SSSR count). The number of nitrogens with one attached hydrogen (secondary N) is 2. The van der Waals surface area contributed by atoms with Gasteiger partial charge in [0.1, 0.15) is 17.2 Å². The number of amides is 3. The van der Waals surface area contributed by atoms with E-state index in [1.54, 1.807) is 24.0 Å². The number of likely N-dealkylation sites (tertiary alicyclic amines) is 1. The minimum absolute atomic E-state index is 0.0560. The SMILES string of the molecule is COCc1ccc(OC(F)(F)F)c(CNC(=O)Nc2c(C)c(OCC3CCN(C(=O)OC(C)(C)C)C3)nn2-c2ccccc2)c1. The maximum atomic E-state index is 13.1. The number of ether oxygens (including phenoxy) is 4. The van der Waals surface area contributed by atoms with Gasteiger partial charge in [-0.3, -0.25) is 5.32 Å². The first-order chi connectivity index (χ1) is 21.2. The second-order valence-corrected chi connectivity index (χ2v) is 11.6. The third-order valence-corrected chi connectivity index (χ3v) is 6.81. The molecule has 0 aliphatic carbocycles. The van der Waals surface area contributed by atoms with Crippen LogP contribution in [0.5, 0.6) is 11.6 Å². The first kappa shape index (κ1) is 33.4. The molecule has 3 amide bonds. The average Bonchev–Trinajstić information content (AvgIpc) is 3.56. The van der Waals surface area contributed by atoms with Crippen LogP contribution in [0.2, 0.25) is 0 Å². The zero-order valence-corrected chi connectivity index (χ0v) is 25.9. The van der Waals surface area contributed by atoms with Crippen molar-refractivity contribution in [3.63, 3.8) is 0 Å². The number of carbonyl (C=O) groups excluding carboxylic acids is 2. The van der Waals surface area contributed by atoms with Crippen molar-refractivity contribution in [3.8, 4) is 17.3 Å². The molecule has 1 saturated heterocycles. The van der Waals surface area contributed by atoms with Gasteiger partial charge in [-0.1, -0.05) is 24.3 Å². The highest BCUT2D eigenvalue weighted by Crippen LogP contribution is 2.31. The van der Waals surface area contributed by atoms with E-state index in [-0.39, 0.29) is 43.2 Å². The Bertz CT molecular complexity index is 1470. The number of alkyl halides is 3. The van der Waals surface area contributed by atoms with E-state index in [0.29, 0.717) is 35.7 Å². The predicted molar refractivity (Wildman–Crippen MR) is 159 cm³/mol. The molecule has 0 radical (unpaired) electrons. The number of anilines is 1. The number of rotatable bonds is 10. The van der Waals surface area contributed by atoms with Crippen molar-refractivity contribution in [1.82, 2.24) is 20.0 Å². The summed E-state index contributed by atoms with van der Waals surface area (Å²) < 4.78 is 61.3. The number of urea groups is 1. The zero-order chi connectivity index (χ0) is 32.8. The van der Waals surface area contributed by atoms with E-state index in [2.05, 4.69) is 20.5 Å². The Morgan fingerprint density at radius 1 is 1.09 bits per heavy atom. The largest absolute Gasteiger partial charge is 0.573 e. The number of hydrogen-bond donors (Lipinski definition) is 2. The summed E-state index contributed by atoms with van der Waals surface area (Å²) >= 11 is 0. The molecule has 2 heterocycles. The Labute approximate surface area is 259 Å². The number of benzene rings is 2. The molecule has 3 aromatic rings. The summed E-state index contributed by atoms with van der Waals surface area (Å²) in [4.78, 5) is 27.2. The fraction of sp³-hybridized carbons (Fsp3) is 0.452. The first-order valence-corrected chi connectivity index (χ1v) is 14.4. The zero-order valence-electron chi connectivity index (χ0n) is 25.9. The molecule has 1 aliphatic heterocycles. The lowest BCUT2D eigenvalue weighted by Gasteiger charge is -2.24. The van der Waals surface area contributed by atoms with Crippen LogP contribution < -0.4 is 20.1 Å². The fourth-order valence-electron chi connectivity index (χ4n) is 4.75. The Morgan fingerprint density at radius 2 is 1.82 bits per heavy atom. The highest BCUT2D eigenvalue weighted by Gasteiger charge is 2.33. The van der Waals surface area contributed by atoms with Crippen LogP contribution in [0.3, 0.4) is 0 Å². The molecule has 1 unspecified atom stereocenters. The molecule has 11 nitrogen and oxygen atoms in total. The van der Waals surface area contributed by atoms with Gasteiger partial charge < -0.3 is 29.2 Å². The fourth-order valence-corrected chi connectivity index (χ4v) is 4.75. The predicted octanol–water partition coefficient (Wildman–Crippen LogP) is 6.18. The van der Waals surface area contributed by atoms with E-state index < -0.39 is 23.7 Å². The van der Waals surface area contributed by atoms with Gasteiger partial charge in [0.25, 0.3) is 0 Å². The molecule has 1 aromatic heterocycles. The number of aromatic nitrogens is 2. The van der Waals surface area contributed by atoms with Crippen LogP contribution >= 0.6 is 0 Å². The molecule has 0 spiro atoms. The van der Waals surface area contributed by atoms with Gasteiger partial charge in [-0.25, -0.2) is 14.3 Å². The molecule has 1 aliphatic rings. The van der Waals surface area contributed by atoms with Gasteiger partial charge in [-0.2, -0.15) is 0 Å². The van der Waals surface area contributed by atoms with Crippen molar-refractivity contribution in [2.24, 2.45) is 5.92 Å². The van der Waals surface area contributed by atoms with Crippen molar-refractivity contribution in [2.45, 2.75) is 59.2 Å². The molecule has 14 heteroatoms. The lowest BCUT2D eigenvalue weighted by atomic mass is 10.1. The van der Waals surface area contributed by atoms with E-state index in [1.807, 2.05) is 39.0 Å². The Morgan fingerprint density at radius 3 is 2.49 bits per heavy atom. The van der Waals surface area contributed by atoms with Gasteiger partial charge in [-0.05, 0) is 63.9 Å². The molecule has 2 aromatic carbocycles. The second-order valence-electron chi connectivity index (χ2n) is 11.6. The van der Waals surface area contributed by atoms with E-state index >= 15 is 0 Å². The van der Waals surface area contributed by atoms with Crippen LogP contribution in [0.1, 0.15) is 43.9 Å². The van der Waals surface area contributed by atoms with Crippen molar-refractivity contribution < 1.29 is 41.7 Å². The summed E-state index contributed by atoms with van der Waals surface area (Å²) in [7, 11) is 1.47. The van der Waals surface area contributed by atoms with Gasteiger partial charge in [0.05, 0.1) is 24.5 Å². The number of hydrogen-bond acceptors (Lipinski definition) is 7. The number of para-hydroxylation sites is 1. The third kappa shape index (κ3) is 9.51. The maximum Gasteiger partial charge on any atom is 0.573 e. The maximum absolute atomic E-state index is 13.1. The summed E-state index contributed by atoms with van der Waals surface area (Å²) in [5.41, 5.74) is 1.33. The second kappa shape index (κ2) is 14.1. The molecule has 2 N–H and O–H groups in total. The van der Waals surface area contributed by atoms with Crippen molar-refractivity contribution in [1.29, 1.82) is 0 Å². The van der Waals surface area contributed by atoms with Crippen LogP contribution in [-0.4, -0.2) is 65.6 Å². The number of nitrogens with zero attached hydrogens (tertiary/aromatic N) is 3. The molecule has 1 atom stereocenters. The molecular formula is C31H38F3N5O6. The van der Waals surface area contributed by atoms with E-state index in [0.717, 1.165) is 6.42 Å². The first-order valence-electron chi connectivity index (χ1n) is 14.4. The summed E-state index contributed by atoms with van der Waals surface area (Å²) in [6.07, 6.45) is -4.53. The smallest absolute Gasteiger partial charge is 0.476 e. The minimum Gasteiger partial charge on any atom is -0.476 e. The molecule has 1 fully saturated rings. The van der Waals surface area contributed by atoms with Gasteiger partial charge >= 0.3 is 18.5 Å².